The first kappa shape index (κ1) is 20.2. The minimum atomic E-state index is -0.454. The van der Waals surface area contributed by atoms with Gasteiger partial charge < -0.3 is 5.11 Å². The Morgan fingerprint density at radius 3 is 2.45 bits per heavy atom. The third-order valence-electron chi connectivity index (χ3n) is 4.65. The zero-order valence-corrected chi connectivity index (χ0v) is 17.4. The van der Waals surface area contributed by atoms with Crippen LogP contribution in [0, 0.1) is 5.82 Å². The van der Waals surface area contributed by atoms with Gasteiger partial charge in [0.2, 0.25) is 0 Å². The predicted octanol–water partition coefficient (Wildman–Crippen LogP) is 4.79. The van der Waals surface area contributed by atoms with Crippen molar-refractivity contribution in [2.24, 2.45) is 5.10 Å². The maximum atomic E-state index is 13.1. The predicted molar refractivity (Wildman–Crippen MR) is 113 cm³/mol. The third kappa shape index (κ3) is 4.00. The summed E-state index contributed by atoms with van der Waals surface area (Å²) >= 11 is 14.2. The van der Waals surface area contributed by atoms with E-state index in [0.29, 0.717) is 34.0 Å². The van der Waals surface area contributed by atoms with Crippen LogP contribution in [-0.2, 0) is 4.79 Å². The Balaban J connectivity index is 1.74. The van der Waals surface area contributed by atoms with Gasteiger partial charge in [-0.15, -0.1) is 0 Å². The van der Waals surface area contributed by atoms with Crippen molar-refractivity contribution in [2.75, 3.05) is 13.4 Å². The summed E-state index contributed by atoms with van der Waals surface area (Å²) in [6.07, 6.45) is 1.18. The SMILES string of the molecule is O=C1C(c2c(Cl)cccc2Cl)=C2CCC(Sc3ccc(F)cc3)=NN2CN1CO. The molecule has 150 valence electrons. The Morgan fingerprint density at radius 1 is 1.10 bits per heavy atom. The van der Waals surface area contributed by atoms with E-state index in [9.17, 15) is 14.3 Å². The van der Waals surface area contributed by atoms with E-state index in [0.717, 1.165) is 15.6 Å². The molecule has 0 saturated heterocycles. The fourth-order valence-corrected chi connectivity index (χ4v) is 4.76. The summed E-state index contributed by atoms with van der Waals surface area (Å²) in [6, 6.07) is 11.3. The van der Waals surface area contributed by atoms with Crippen molar-refractivity contribution in [3.05, 3.63) is 69.6 Å². The second-order valence-electron chi connectivity index (χ2n) is 6.50. The van der Waals surface area contributed by atoms with Crippen LogP contribution in [-0.4, -0.2) is 39.4 Å². The van der Waals surface area contributed by atoms with E-state index in [1.54, 1.807) is 35.3 Å². The third-order valence-corrected chi connectivity index (χ3v) is 6.31. The highest BCUT2D eigenvalue weighted by atomic mass is 35.5. The van der Waals surface area contributed by atoms with E-state index in [1.165, 1.54) is 28.8 Å². The fraction of sp³-hybridized carbons (Fsp3) is 0.200. The molecule has 0 radical (unpaired) electrons. The molecule has 2 aliphatic heterocycles. The number of fused-ring (bicyclic) bond motifs is 1. The molecule has 5 nitrogen and oxygen atoms in total. The van der Waals surface area contributed by atoms with Gasteiger partial charge in [0, 0.05) is 16.9 Å². The molecule has 0 saturated carbocycles. The molecule has 1 N–H and O–H groups in total. The Labute approximate surface area is 181 Å². The molecule has 0 spiro atoms. The minimum Gasteiger partial charge on any atom is -0.376 e. The summed E-state index contributed by atoms with van der Waals surface area (Å²) in [4.78, 5) is 15.1. The van der Waals surface area contributed by atoms with Crippen LogP contribution < -0.4 is 0 Å². The summed E-state index contributed by atoms with van der Waals surface area (Å²) in [5.41, 5.74) is 1.53. The van der Waals surface area contributed by atoms with Gasteiger partial charge in [-0.05, 0) is 42.8 Å². The molecule has 2 aromatic rings. The number of hydrogen-bond donors (Lipinski definition) is 1. The molecule has 2 heterocycles. The second-order valence-corrected chi connectivity index (χ2v) is 8.46. The molecule has 0 atom stereocenters. The van der Waals surface area contributed by atoms with E-state index in [4.69, 9.17) is 23.2 Å². The second kappa shape index (κ2) is 8.36. The average molecular weight is 452 g/mol. The van der Waals surface area contributed by atoms with Gasteiger partial charge in [-0.3, -0.25) is 9.69 Å². The van der Waals surface area contributed by atoms with Crippen molar-refractivity contribution >= 4 is 51.5 Å². The van der Waals surface area contributed by atoms with Gasteiger partial charge in [-0.2, -0.15) is 5.10 Å². The van der Waals surface area contributed by atoms with Crippen LogP contribution >= 0.6 is 35.0 Å². The normalized spacial score (nSPS) is 16.8. The summed E-state index contributed by atoms with van der Waals surface area (Å²) in [5, 5.41) is 17.6. The van der Waals surface area contributed by atoms with Gasteiger partial charge in [0.15, 0.2) is 0 Å². The lowest BCUT2D eigenvalue weighted by Crippen LogP contribution is -2.46. The topological polar surface area (TPSA) is 56.1 Å². The smallest absolute Gasteiger partial charge is 0.259 e. The number of rotatable bonds is 3. The Morgan fingerprint density at radius 2 is 1.79 bits per heavy atom. The van der Waals surface area contributed by atoms with Gasteiger partial charge in [0.05, 0.1) is 26.4 Å². The number of halogens is 3. The lowest BCUT2D eigenvalue weighted by Gasteiger charge is -2.38. The molecule has 0 fully saturated rings. The van der Waals surface area contributed by atoms with Crippen molar-refractivity contribution in [3.63, 3.8) is 0 Å². The standard InChI is InChI=1S/C20H16Cl2FN3O2S/c21-14-2-1-3-15(22)18(14)19-16-8-9-17(29-13-6-4-12(23)5-7-13)24-26(16)10-25(11-27)20(19)28/h1-7,27H,8-11H2. The molecule has 0 unspecified atom stereocenters. The van der Waals surface area contributed by atoms with Gasteiger partial charge in [-0.25, -0.2) is 9.40 Å². The van der Waals surface area contributed by atoms with Crippen LogP contribution in [0.1, 0.15) is 18.4 Å². The van der Waals surface area contributed by atoms with E-state index in [1.807, 2.05) is 0 Å². The summed E-state index contributed by atoms with van der Waals surface area (Å²) in [6.45, 7) is -0.326. The number of benzene rings is 2. The maximum Gasteiger partial charge on any atom is 0.259 e. The molecular weight excluding hydrogens is 436 g/mol. The summed E-state index contributed by atoms with van der Waals surface area (Å²) in [5.74, 6) is -0.627. The molecule has 9 heteroatoms. The first-order valence-corrected chi connectivity index (χ1v) is 10.4. The van der Waals surface area contributed by atoms with Gasteiger partial charge in [0.25, 0.3) is 5.91 Å². The zero-order valence-electron chi connectivity index (χ0n) is 15.1. The monoisotopic (exact) mass is 451 g/mol. The van der Waals surface area contributed by atoms with E-state index in [-0.39, 0.29) is 18.4 Å². The first-order valence-electron chi connectivity index (χ1n) is 8.84. The number of thioether (sulfide) groups is 1. The number of carbonyl (C=O) groups excluding carboxylic acids is 1. The van der Waals surface area contributed by atoms with Crippen molar-refractivity contribution in [1.82, 2.24) is 9.91 Å². The Bertz CT molecular complexity index is 1010. The van der Waals surface area contributed by atoms with E-state index >= 15 is 0 Å². The number of aliphatic hydroxyl groups excluding tert-OH is 1. The highest BCUT2D eigenvalue weighted by molar-refractivity contribution is 8.14. The van der Waals surface area contributed by atoms with Gasteiger partial charge in [-0.1, -0.05) is 41.0 Å². The lowest BCUT2D eigenvalue weighted by molar-refractivity contribution is -0.132. The van der Waals surface area contributed by atoms with E-state index in [2.05, 4.69) is 5.10 Å². The van der Waals surface area contributed by atoms with Crippen molar-refractivity contribution in [2.45, 2.75) is 17.7 Å². The number of amides is 1. The molecule has 0 aliphatic carbocycles. The Kier molecular flexibility index (Phi) is 5.83. The maximum absolute atomic E-state index is 13.1. The number of carbonyl (C=O) groups is 1. The molecule has 2 aromatic carbocycles. The molecule has 2 aliphatic rings. The highest BCUT2D eigenvalue weighted by Crippen LogP contribution is 2.40. The summed E-state index contributed by atoms with van der Waals surface area (Å²) < 4.78 is 13.1. The largest absolute Gasteiger partial charge is 0.376 e. The Hall–Kier alpha value is -2.06. The van der Waals surface area contributed by atoms with Crippen LogP contribution in [0.15, 0.2) is 58.2 Å². The van der Waals surface area contributed by atoms with Crippen molar-refractivity contribution < 1.29 is 14.3 Å². The molecular formula is C20H16Cl2FN3O2S. The minimum absolute atomic E-state index is 0.129. The van der Waals surface area contributed by atoms with Crippen LogP contribution in [0.4, 0.5) is 4.39 Å². The number of hydrogen-bond acceptors (Lipinski definition) is 5. The number of allylic oxidation sites excluding steroid dienone is 1. The van der Waals surface area contributed by atoms with Crippen LogP contribution in [0.3, 0.4) is 0 Å². The van der Waals surface area contributed by atoms with Crippen LogP contribution in [0.2, 0.25) is 10.0 Å². The van der Waals surface area contributed by atoms with Crippen LogP contribution in [0.25, 0.3) is 5.57 Å². The molecule has 29 heavy (non-hydrogen) atoms. The molecule has 0 bridgehead atoms. The quantitative estimate of drug-likeness (QED) is 0.728. The lowest BCUT2D eigenvalue weighted by atomic mass is 9.97. The highest BCUT2D eigenvalue weighted by Gasteiger charge is 2.36. The van der Waals surface area contributed by atoms with Crippen molar-refractivity contribution in [1.29, 1.82) is 0 Å². The van der Waals surface area contributed by atoms with Crippen LogP contribution in [0.5, 0.6) is 0 Å². The number of aliphatic hydroxyl groups is 1. The first-order chi connectivity index (χ1) is 14.0. The van der Waals surface area contributed by atoms with Gasteiger partial charge >= 0.3 is 0 Å². The molecule has 1 amide bonds. The number of hydrazone groups is 1. The average Bonchev–Trinajstić information content (AvgIpc) is 2.71. The summed E-state index contributed by atoms with van der Waals surface area (Å²) in [7, 11) is 0. The van der Waals surface area contributed by atoms with E-state index < -0.39 is 6.73 Å². The van der Waals surface area contributed by atoms with Gasteiger partial charge in [0.1, 0.15) is 19.2 Å². The fourth-order valence-electron chi connectivity index (χ4n) is 3.28. The zero-order chi connectivity index (χ0) is 20.5. The number of nitrogens with zero attached hydrogens (tertiary/aromatic N) is 3. The molecule has 4 rings (SSSR count). The van der Waals surface area contributed by atoms with Crippen molar-refractivity contribution in [3.8, 4) is 0 Å². The molecule has 0 aromatic heterocycles.